The Labute approximate surface area is 156 Å². The summed E-state index contributed by atoms with van der Waals surface area (Å²) < 4.78 is 40.5. The number of fused-ring (bicyclic) bond motifs is 2. The van der Waals surface area contributed by atoms with Gasteiger partial charge >= 0.3 is 0 Å². The monoisotopic (exact) mass is 388 g/mol. The third-order valence-corrected chi connectivity index (χ3v) is 5.02. The Morgan fingerprint density at radius 1 is 1.22 bits per heavy atom. The van der Waals surface area contributed by atoms with Gasteiger partial charge in [0.05, 0.1) is 10.2 Å². The number of aromatic nitrogens is 1. The summed E-state index contributed by atoms with van der Waals surface area (Å²) in [5.74, 6) is -0.866. The van der Waals surface area contributed by atoms with Gasteiger partial charge in [-0.2, -0.15) is 4.99 Å². The minimum Gasteiger partial charge on any atom is -0.486 e. The second kappa shape index (κ2) is 6.96. The van der Waals surface area contributed by atoms with Crippen molar-refractivity contribution in [2.45, 2.75) is 6.54 Å². The van der Waals surface area contributed by atoms with Crippen molar-refractivity contribution in [1.29, 1.82) is 0 Å². The third kappa shape index (κ3) is 3.23. The number of halogens is 2. The first-order valence-electron chi connectivity index (χ1n) is 8.15. The molecule has 1 amide bonds. The summed E-state index contributed by atoms with van der Waals surface area (Å²) in [5, 5.41) is 0. The number of amides is 1. The van der Waals surface area contributed by atoms with E-state index in [-0.39, 0.29) is 16.9 Å². The lowest BCUT2D eigenvalue weighted by Crippen LogP contribution is -2.18. The predicted octanol–water partition coefficient (Wildman–Crippen LogP) is 3.68. The van der Waals surface area contributed by atoms with Crippen LogP contribution in [0.25, 0.3) is 10.2 Å². The van der Waals surface area contributed by atoms with Gasteiger partial charge in [-0.3, -0.25) is 4.79 Å². The number of ether oxygens (including phenoxy) is 2. The summed E-state index contributed by atoms with van der Waals surface area (Å²) in [7, 11) is 0. The molecule has 0 bridgehead atoms. The van der Waals surface area contributed by atoms with E-state index < -0.39 is 17.5 Å². The van der Waals surface area contributed by atoms with Gasteiger partial charge in [-0.25, -0.2) is 8.78 Å². The van der Waals surface area contributed by atoms with Crippen LogP contribution in [0.2, 0.25) is 0 Å². The molecule has 2 aromatic carbocycles. The molecule has 5 nitrogen and oxygen atoms in total. The van der Waals surface area contributed by atoms with Crippen LogP contribution in [0.4, 0.5) is 8.78 Å². The van der Waals surface area contributed by atoms with Crippen molar-refractivity contribution in [2.24, 2.45) is 4.99 Å². The fourth-order valence-corrected chi connectivity index (χ4v) is 3.92. The lowest BCUT2D eigenvalue weighted by atomic mass is 10.2. The van der Waals surface area contributed by atoms with E-state index in [2.05, 4.69) is 11.6 Å². The smallest absolute Gasteiger partial charge is 0.279 e. The molecule has 0 saturated heterocycles. The number of carbonyl (C=O) groups is 1. The van der Waals surface area contributed by atoms with E-state index in [0.717, 1.165) is 17.4 Å². The normalized spacial score (nSPS) is 13.8. The molecule has 0 saturated carbocycles. The highest BCUT2D eigenvalue weighted by atomic mass is 32.1. The second-order valence-corrected chi connectivity index (χ2v) is 6.80. The molecule has 8 heteroatoms. The first-order valence-corrected chi connectivity index (χ1v) is 8.96. The summed E-state index contributed by atoms with van der Waals surface area (Å²) in [5.41, 5.74) is 0.503. The van der Waals surface area contributed by atoms with Gasteiger partial charge in [0.2, 0.25) is 0 Å². The molecule has 0 fully saturated rings. The van der Waals surface area contributed by atoms with E-state index in [0.29, 0.717) is 35.0 Å². The minimum atomic E-state index is -0.712. The standard InChI is InChI=1S/C19H14F2N2O3S/c1-2-5-23-17-13(21)9-12(20)10-16(17)27-19(23)22-18(24)11-3-4-14-15(8-11)26-7-6-25-14/h2-4,8-10H,1,5-7H2. The number of allylic oxidation sites excluding steroid dienone is 1. The predicted molar refractivity (Wildman–Crippen MR) is 97.3 cm³/mol. The Morgan fingerprint density at radius 3 is 2.78 bits per heavy atom. The van der Waals surface area contributed by atoms with Crippen molar-refractivity contribution in [1.82, 2.24) is 4.57 Å². The molecule has 0 unspecified atom stereocenters. The molecule has 1 aliphatic rings. The van der Waals surface area contributed by atoms with Crippen molar-refractivity contribution in [3.05, 3.63) is 65.0 Å². The van der Waals surface area contributed by atoms with Crippen LogP contribution >= 0.6 is 11.3 Å². The summed E-state index contributed by atoms with van der Waals surface area (Å²) in [6.45, 7) is 4.74. The van der Waals surface area contributed by atoms with Crippen LogP contribution in [0.1, 0.15) is 10.4 Å². The molecule has 0 spiro atoms. The van der Waals surface area contributed by atoms with E-state index in [4.69, 9.17) is 9.47 Å². The number of carbonyl (C=O) groups excluding carboxylic acids is 1. The van der Waals surface area contributed by atoms with Gasteiger partial charge < -0.3 is 14.0 Å². The van der Waals surface area contributed by atoms with E-state index in [9.17, 15) is 13.6 Å². The maximum atomic E-state index is 14.2. The van der Waals surface area contributed by atoms with Crippen LogP contribution in [0.3, 0.4) is 0 Å². The molecule has 2 heterocycles. The lowest BCUT2D eigenvalue weighted by molar-refractivity contribution is 0.0996. The minimum absolute atomic E-state index is 0.190. The summed E-state index contributed by atoms with van der Waals surface area (Å²) in [6.07, 6.45) is 1.56. The number of rotatable bonds is 3. The van der Waals surface area contributed by atoms with Crippen LogP contribution < -0.4 is 14.3 Å². The van der Waals surface area contributed by atoms with Crippen molar-refractivity contribution in [3.63, 3.8) is 0 Å². The Balaban J connectivity index is 1.82. The van der Waals surface area contributed by atoms with Gasteiger partial charge in [0.25, 0.3) is 5.91 Å². The van der Waals surface area contributed by atoms with Gasteiger partial charge in [0, 0.05) is 18.2 Å². The zero-order chi connectivity index (χ0) is 19.0. The zero-order valence-corrected chi connectivity index (χ0v) is 14.9. The number of hydrogen-bond donors (Lipinski definition) is 0. The molecule has 0 atom stereocenters. The summed E-state index contributed by atoms with van der Waals surface area (Å²) >= 11 is 1.04. The molecule has 4 rings (SSSR count). The zero-order valence-electron chi connectivity index (χ0n) is 14.1. The number of benzene rings is 2. The maximum Gasteiger partial charge on any atom is 0.279 e. The Kier molecular flexibility index (Phi) is 4.49. The molecule has 0 aliphatic carbocycles. The summed E-state index contributed by atoms with van der Waals surface area (Å²) in [4.78, 5) is 17.0. The van der Waals surface area contributed by atoms with Crippen LogP contribution in [0, 0.1) is 11.6 Å². The highest BCUT2D eigenvalue weighted by Crippen LogP contribution is 2.31. The Bertz CT molecular complexity index is 1130. The molecule has 0 N–H and O–H groups in total. The topological polar surface area (TPSA) is 52.8 Å². The number of thiazole rings is 1. The maximum absolute atomic E-state index is 14.2. The molecule has 1 aliphatic heterocycles. The molecular weight excluding hydrogens is 374 g/mol. The lowest BCUT2D eigenvalue weighted by Gasteiger charge is -2.18. The van der Waals surface area contributed by atoms with Gasteiger partial charge in [-0.1, -0.05) is 17.4 Å². The highest BCUT2D eigenvalue weighted by Gasteiger charge is 2.16. The number of nitrogens with zero attached hydrogens (tertiary/aromatic N) is 2. The van der Waals surface area contributed by atoms with Crippen LogP contribution in [-0.4, -0.2) is 23.7 Å². The molecule has 27 heavy (non-hydrogen) atoms. The van der Waals surface area contributed by atoms with Crippen molar-refractivity contribution < 1.29 is 23.0 Å². The van der Waals surface area contributed by atoms with Crippen molar-refractivity contribution in [2.75, 3.05) is 13.2 Å². The fourth-order valence-electron chi connectivity index (χ4n) is 2.84. The highest BCUT2D eigenvalue weighted by molar-refractivity contribution is 7.16. The second-order valence-electron chi connectivity index (χ2n) is 5.79. The average molecular weight is 388 g/mol. The quantitative estimate of drug-likeness (QED) is 0.643. The van der Waals surface area contributed by atoms with Crippen LogP contribution in [-0.2, 0) is 6.54 Å². The third-order valence-electron chi connectivity index (χ3n) is 3.99. The van der Waals surface area contributed by atoms with Gasteiger partial charge in [-0.15, -0.1) is 6.58 Å². The van der Waals surface area contributed by atoms with E-state index in [1.807, 2.05) is 0 Å². The van der Waals surface area contributed by atoms with Gasteiger partial charge in [0.15, 0.2) is 22.1 Å². The van der Waals surface area contributed by atoms with Crippen LogP contribution in [0.5, 0.6) is 11.5 Å². The average Bonchev–Trinajstić information content (AvgIpc) is 2.98. The van der Waals surface area contributed by atoms with Crippen molar-refractivity contribution in [3.8, 4) is 11.5 Å². The fraction of sp³-hybridized carbons (Fsp3) is 0.158. The van der Waals surface area contributed by atoms with E-state index in [1.165, 1.54) is 10.6 Å². The largest absolute Gasteiger partial charge is 0.486 e. The molecule has 1 aromatic heterocycles. The van der Waals surface area contributed by atoms with Gasteiger partial charge in [-0.05, 0) is 24.3 Å². The molecule has 3 aromatic rings. The molecule has 0 radical (unpaired) electrons. The first-order chi connectivity index (χ1) is 13.1. The molecule has 138 valence electrons. The number of hydrogen-bond acceptors (Lipinski definition) is 4. The SMILES string of the molecule is C=CCn1c(=NC(=O)c2ccc3c(c2)OCCO3)sc2cc(F)cc(F)c21. The van der Waals surface area contributed by atoms with Crippen LogP contribution in [0.15, 0.2) is 48.0 Å². The summed E-state index contributed by atoms with van der Waals surface area (Å²) in [6, 6.07) is 6.82. The van der Waals surface area contributed by atoms with Gasteiger partial charge in [0.1, 0.15) is 19.0 Å². The Morgan fingerprint density at radius 2 is 2.00 bits per heavy atom. The first kappa shape index (κ1) is 17.4. The van der Waals surface area contributed by atoms with E-state index in [1.54, 1.807) is 24.3 Å². The van der Waals surface area contributed by atoms with Crippen molar-refractivity contribution >= 4 is 27.5 Å². The molecular formula is C19H14F2N2O3S. The Hall–Kier alpha value is -3.00. The van der Waals surface area contributed by atoms with E-state index >= 15 is 0 Å².